The van der Waals surface area contributed by atoms with Gasteiger partial charge in [-0.05, 0) is 31.2 Å². The van der Waals surface area contributed by atoms with Gasteiger partial charge in [-0.3, -0.25) is 14.5 Å². The Bertz CT molecular complexity index is 397. The molecular formula is C17H32N4O2. The molecule has 2 atom stereocenters. The molecule has 6 heteroatoms. The van der Waals surface area contributed by atoms with Crippen LogP contribution in [0.5, 0.6) is 0 Å². The summed E-state index contributed by atoms with van der Waals surface area (Å²) in [5.74, 6) is 1.63. The van der Waals surface area contributed by atoms with Gasteiger partial charge in [0.1, 0.15) is 0 Å². The molecule has 0 aromatic carbocycles. The molecule has 23 heavy (non-hydrogen) atoms. The second kappa shape index (κ2) is 8.64. The highest BCUT2D eigenvalue weighted by Gasteiger charge is 2.28. The molecule has 2 heterocycles. The minimum absolute atomic E-state index is 0.195. The summed E-state index contributed by atoms with van der Waals surface area (Å²) in [6.07, 6.45) is 2.51. The van der Waals surface area contributed by atoms with Gasteiger partial charge in [0.15, 0.2) is 0 Å². The molecule has 2 rings (SSSR count). The predicted octanol–water partition coefficient (Wildman–Crippen LogP) is 0.374. The van der Waals surface area contributed by atoms with Crippen molar-refractivity contribution in [2.45, 2.75) is 33.1 Å². The lowest BCUT2D eigenvalue weighted by molar-refractivity contribution is -0.136. The van der Waals surface area contributed by atoms with E-state index in [2.05, 4.69) is 18.7 Å². The smallest absolute Gasteiger partial charge is 0.236 e. The molecule has 2 aliphatic heterocycles. The number of carbonyl (C=O) groups excluding carboxylic acids is 2. The minimum Gasteiger partial charge on any atom is -0.341 e. The summed E-state index contributed by atoms with van der Waals surface area (Å²) in [4.78, 5) is 30.6. The molecule has 2 unspecified atom stereocenters. The van der Waals surface area contributed by atoms with Gasteiger partial charge in [0.05, 0.1) is 6.54 Å². The molecule has 2 aliphatic rings. The lowest BCUT2D eigenvalue weighted by Crippen LogP contribution is -2.53. The maximum atomic E-state index is 12.5. The summed E-state index contributed by atoms with van der Waals surface area (Å²) in [6.45, 7) is 10.3. The van der Waals surface area contributed by atoms with Crippen molar-refractivity contribution < 1.29 is 9.59 Å². The van der Waals surface area contributed by atoms with E-state index in [9.17, 15) is 9.59 Å². The fraction of sp³-hybridized carbons (Fsp3) is 0.882. The van der Waals surface area contributed by atoms with Crippen LogP contribution in [0, 0.1) is 11.8 Å². The average Bonchev–Trinajstić information content (AvgIpc) is 2.52. The molecule has 2 fully saturated rings. The molecule has 0 bridgehead atoms. The molecular weight excluding hydrogens is 292 g/mol. The van der Waals surface area contributed by atoms with Gasteiger partial charge in [0.25, 0.3) is 0 Å². The molecule has 132 valence electrons. The van der Waals surface area contributed by atoms with Crippen molar-refractivity contribution in [2.24, 2.45) is 17.6 Å². The van der Waals surface area contributed by atoms with Crippen LogP contribution in [0.4, 0.5) is 0 Å². The Kier molecular flexibility index (Phi) is 6.84. The van der Waals surface area contributed by atoms with Gasteiger partial charge in [-0.2, -0.15) is 0 Å². The molecule has 0 saturated carbocycles. The summed E-state index contributed by atoms with van der Waals surface area (Å²) < 4.78 is 0. The van der Waals surface area contributed by atoms with Crippen LogP contribution in [0.3, 0.4) is 0 Å². The first-order valence-electron chi connectivity index (χ1n) is 8.97. The Morgan fingerprint density at radius 1 is 0.957 bits per heavy atom. The number of nitrogens with two attached hydrogens (primary N) is 1. The number of rotatable bonds is 5. The van der Waals surface area contributed by atoms with E-state index in [1.54, 1.807) is 0 Å². The zero-order chi connectivity index (χ0) is 16.8. The number of hydrogen-bond acceptors (Lipinski definition) is 4. The standard InChI is InChI=1S/C17H32N4O2/c1-14-10-15(2)12-21(11-14)17(23)13-19-6-8-20(9-7-19)16(22)4-3-5-18/h14-15H,3-13,18H2,1-2H3. The number of carbonyl (C=O) groups is 2. The Morgan fingerprint density at radius 2 is 1.57 bits per heavy atom. The summed E-state index contributed by atoms with van der Waals surface area (Å²) in [6, 6.07) is 0. The van der Waals surface area contributed by atoms with Crippen molar-refractivity contribution in [2.75, 3.05) is 52.4 Å². The third-order valence-corrected chi connectivity index (χ3v) is 4.90. The number of piperazine rings is 1. The Labute approximate surface area is 140 Å². The first-order chi connectivity index (χ1) is 11.0. The predicted molar refractivity (Wildman–Crippen MR) is 90.8 cm³/mol. The van der Waals surface area contributed by atoms with Crippen molar-refractivity contribution in [3.8, 4) is 0 Å². The van der Waals surface area contributed by atoms with Crippen molar-refractivity contribution in [3.05, 3.63) is 0 Å². The van der Waals surface area contributed by atoms with Crippen molar-refractivity contribution in [1.29, 1.82) is 0 Å². The van der Waals surface area contributed by atoms with Gasteiger partial charge in [-0.1, -0.05) is 13.8 Å². The molecule has 0 aromatic heterocycles. The lowest BCUT2D eigenvalue weighted by Gasteiger charge is -2.38. The van der Waals surface area contributed by atoms with E-state index in [1.807, 2.05) is 9.80 Å². The SMILES string of the molecule is CC1CC(C)CN(C(=O)CN2CCN(C(=O)CCCN)CC2)C1. The molecule has 0 radical (unpaired) electrons. The fourth-order valence-corrected chi connectivity index (χ4v) is 3.72. The van der Waals surface area contributed by atoms with Crippen molar-refractivity contribution in [3.63, 3.8) is 0 Å². The number of likely N-dealkylation sites (tertiary alicyclic amines) is 1. The number of nitrogens with zero attached hydrogens (tertiary/aromatic N) is 3. The highest BCUT2D eigenvalue weighted by molar-refractivity contribution is 5.78. The third kappa shape index (κ3) is 5.46. The molecule has 2 N–H and O–H groups in total. The van der Waals surface area contributed by atoms with Crippen LogP contribution in [0.15, 0.2) is 0 Å². The average molecular weight is 324 g/mol. The fourth-order valence-electron chi connectivity index (χ4n) is 3.72. The van der Waals surface area contributed by atoms with Crippen LogP contribution in [-0.4, -0.2) is 78.9 Å². The largest absolute Gasteiger partial charge is 0.341 e. The summed E-state index contributed by atoms with van der Waals surface area (Å²) in [7, 11) is 0. The van der Waals surface area contributed by atoms with E-state index < -0.39 is 0 Å². The van der Waals surface area contributed by atoms with E-state index in [0.717, 1.165) is 45.7 Å². The van der Waals surface area contributed by atoms with Gasteiger partial charge in [-0.15, -0.1) is 0 Å². The van der Waals surface area contributed by atoms with E-state index in [-0.39, 0.29) is 11.8 Å². The Hall–Kier alpha value is -1.14. The molecule has 6 nitrogen and oxygen atoms in total. The zero-order valence-electron chi connectivity index (χ0n) is 14.7. The Balaban J connectivity index is 1.73. The van der Waals surface area contributed by atoms with Gasteiger partial charge in [-0.25, -0.2) is 0 Å². The summed E-state index contributed by atoms with van der Waals surface area (Å²) in [5, 5.41) is 0. The van der Waals surface area contributed by atoms with Crippen LogP contribution in [0.25, 0.3) is 0 Å². The molecule has 0 spiro atoms. The number of amides is 2. The van der Waals surface area contributed by atoms with Gasteiger partial charge >= 0.3 is 0 Å². The first kappa shape index (κ1) is 18.2. The maximum Gasteiger partial charge on any atom is 0.236 e. The highest BCUT2D eigenvalue weighted by atomic mass is 16.2. The van der Waals surface area contributed by atoms with Crippen LogP contribution in [0.2, 0.25) is 0 Å². The van der Waals surface area contributed by atoms with Crippen LogP contribution < -0.4 is 5.73 Å². The zero-order valence-corrected chi connectivity index (χ0v) is 14.7. The quantitative estimate of drug-likeness (QED) is 0.793. The minimum atomic E-state index is 0.195. The molecule has 0 aromatic rings. The first-order valence-corrected chi connectivity index (χ1v) is 8.97. The van der Waals surface area contributed by atoms with E-state index in [0.29, 0.717) is 31.3 Å². The van der Waals surface area contributed by atoms with Crippen molar-refractivity contribution in [1.82, 2.24) is 14.7 Å². The van der Waals surface area contributed by atoms with E-state index in [1.165, 1.54) is 6.42 Å². The van der Waals surface area contributed by atoms with Crippen LogP contribution in [-0.2, 0) is 9.59 Å². The van der Waals surface area contributed by atoms with Crippen molar-refractivity contribution >= 4 is 11.8 Å². The van der Waals surface area contributed by atoms with Gasteiger partial charge in [0.2, 0.25) is 11.8 Å². The summed E-state index contributed by atoms with van der Waals surface area (Å²) >= 11 is 0. The topological polar surface area (TPSA) is 69.9 Å². The van der Waals surface area contributed by atoms with Gasteiger partial charge in [0, 0.05) is 45.7 Å². The van der Waals surface area contributed by atoms with E-state index in [4.69, 9.17) is 5.73 Å². The Morgan fingerprint density at radius 3 is 2.13 bits per heavy atom. The molecule has 2 saturated heterocycles. The normalized spacial score (nSPS) is 26.4. The number of piperidine rings is 1. The summed E-state index contributed by atoms with van der Waals surface area (Å²) in [5.41, 5.74) is 5.45. The van der Waals surface area contributed by atoms with Crippen LogP contribution in [0.1, 0.15) is 33.1 Å². The maximum absolute atomic E-state index is 12.5. The molecule has 2 amide bonds. The van der Waals surface area contributed by atoms with Gasteiger partial charge < -0.3 is 15.5 Å². The monoisotopic (exact) mass is 324 g/mol. The third-order valence-electron chi connectivity index (χ3n) is 4.90. The number of hydrogen-bond donors (Lipinski definition) is 1. The van der Waals surface area contributed by atoms with Crippen LogP contribution >= 0.6 is 0 Å². The second-order valence-corrected chi connectivity index (χ2v) is 7.29. The lowest BCUT2D eigenvalue weighted by atomic mass is 9.92. The second-order valence-electron chi connectivity index (χ2n) is 7.29. The van der Waals surface area contributed by atoms with E-state index >= 15 is 0 Å². The molecule has 0 aliphatic carbocycles. The highest BCUT2D eigenvalue weighted by Crippen LogP contribution is 2.21.